The normalized spacial score (nSPS) is 29.0. The van der Waals surface area contributed by atoms with E-state index in [1.54, 1.807) is 7.11 Å². The van der Waals surface area contributed by atoms with Gasteiger partial charge in [-0.2, -0.15) is 0 Å². The van der Waals surface area contributed by atoms with Crippen molar-refractivity contribution < 1.29 is 9.53 Å². The first-order chi connectivity index (χ1) is 17.4. The zero-order chi connectivity index (χ0) is 25.2. The molecule has 1 aliphatic carbocycles. The maximum atomic E-state index is 14.0. The number of fused-ring (bicyclic) bond motifs is 1. The van der Waals surface area contributed by atoms with E-state index in [1.165, 1.54) is 5.56 Å². The van der Waals surface area contributed by atoms with Crippen LogP contribution in [0, 0.1) is 12.8 Å². The minimum Gasteiger partial charge on any atom is -0.381 e. The summed E-state index contributed by atoms with van der Waals surface area (Å²) < 4.78 is 5.50. The van der Waals surface area contributed by atoms with Crippen molar-refractivity contribution in [1.82, 2.24) is 24.8 Å². The first-order valence-corrected chi connectivity index (χ1v) is 13.5. The number of piperidine rings is 1. The second-order valence-corrected chi connectivity index (χ2v) is 11.0. The van der Waals surface area contributed by atoms with Crippen molar-refractivity contribution in [3.63, 3.8) is 0 Å². The minimum absolute atomic E-state index is 0.0256. The molecular weight excluding hydrogens is 452 g/mol. The van der Waals surface area contributed by atoms with Gasteiger partial charge >= 0.3 is 0 Å². The van der Waals surface area contributed by atoms with E-state index in [1.807, 2.05) is 19.3 Å². The maximum absolute atomic E-state index is 14.0. The van der Waals surface area contributed by atoms with Crippen LogP contribution in [0.2, 0.25) is 0 Å². The van der Waals surface area contributed by atoms with Crippen molar-refractivity contribution in [2.75, 3.05) is 32.6 Å². The Labute approximate surface area is 214 Å². The average Bonchev–Trinajstić information content (AvgIpc) is 2.88. The highest BCUT2D eigenvalue weighted by Gasteiger charge is 2.39. The van der Waals surface area contributed by atoms with Crippen LogP contribution in [-0.2, 0) is 22.5 Å². The van der Waals surface area contributed by atoms with E-state index < -0.39 is 0 Å². The van der Waals surface area contributed by atoms with Gasteiger partial charge in [-0.3, -0.25) is 9.78 Å². The van der Waals surface area contributed by atoms with Crippen LogP contribution in [0.5, 0.6) is 0 Å². The number of ether oxygens (including phenoxy) is 1. The number of aromatic nitrogens is 3. The molecule has 0 bridgehead atoms. The number of aryl methyl sites for hydroxylation is 1. The topological polar surface area (TPSA) is 83.5 Å². The summed E-state index contributed by atoms with van der Waals surface area (Å²) >= 11 is 0. The van der Waals surface area contributed by atoms with E-state index in [-0.39, 0.29) is 23.8 Å². The molecule has 8 heteroatoms. The Morgan fingerprint density at radius 1 is 1.17 bits per heavy atom. The van der Waals surface area contributed by atoms with Crippen LogP contribution in [0.25, 0.3) is 0 Å². The van der Waals surface area contributed by atoms with Crippen LogP contribution < -0.4 is 5.32 Å². The highest BCUT2D eigenvalue weighted by Crippen LogP contribution is 2.35. The SMILES string of the molecule is COC1CCC(Nc2ncc3c(n2)CN(C(=O)[C@H]2CCN(C)C[C@@H]2c2ccnc(C)c2)[C@@H](C)C3)CC1. The Balaban J connectivity index is 1.31. The zero-order valence-electron chi connectivity index (χ0n) is 22.1. The van der Waals surface area contributed by atoms with Crippen LogP contribution in [0.3, 0.4) is 0 Å². The lowest BCUT2D eigenvalue weighted by atomic mass is 9.79. The Kier molecular flexibility index (Phi) is 7.53. The predicted molar refractivity (Wildman–Crippen MR) is 140 cm³/mol. The first kappa shape index (κ1) is 25.1. The molecule has 2 aliphatic heterocycles. The molecule has 1 amide bonds. The second-order valence-electron chi connectivity index (χ2n) is 11.0. The fourth-order valence-corrected chi connectivity index (χ4v) is 6.24. The molecule has 5 rings (SSSR count). The first-order valence-electron chi connectivity index (χ1n) is 13.5. The van der Waals surface area contributed by atoms with Crippen molar-refractivity contribution in [2.45, 2.75) is 83.0 Å². The van der Waals surface area contributed by atoms with Crippen LogP contribution in [0.4, 0.5) is 5.95 Å². The summed E-state index contributed by atoms with van der Waals surface area (Å²) in [6, 6.07) is 4.73. The van der Waals surface area contributed by atoms with Crippen LogP contribution in [0.15, 0.2) is 24.5 Å². The Hall–Kier alpha value is -2.58. The standard InChI is InChI=1S/C28H40N6O2/c1-18-13-20(9-11-29-18)25-16-33(3)12-10-24(25)27(35)34-17-26-21(14-19(34)2)15-30-28(32-26)31-22-5-7-23(36-4)8-6-22/h9,11,13,15,19,22-25H,5-8,10,12,14,16-17H2,1-4H3,(H,30,31,32)/t19-,22?,23?,24-,25+/m0/s1. The molecule has 0 unspecified atom stereocenters. The van der Waals surface area contributed by atoms with Gasteiger partial charge in [-0.25, -0.2) is 9.97 Å². The van der Waals surface area contributed by atoms with Crippen LogP contribution >= 0.6 is 0 Å². The number of likely N-dealkylation sites (tertiary alicyclic amines) is 1. The average molecular weight is 493 g/mol. The number of likely N-dealkylation sites (N-methyl/N-ethyl adjacent to an activating group) is 1. The van der Waals surface area contributed by atoms with Crippen molar-refractivity contribution in [3.05, 3.63) is 47.0 Å². The maximum Gasteiger partial charge on any atom is 0.227 e. The van der Waals surface area contributed by atoms with Gasteiger partial charge in [0.05, 0.1) is 18.3 Å². The zero-order valence-corrected chi connectivity index (χ0v) is 22.1. The number of nitrogens with zero attached hydrogens (tertiary/aromatic N) is 5. The number of rotatable bonds is 5. The van der Waals surface area contributed by atoms with Gasteiger partial charge < -0.3 is 19.9 Å². The monoisotopic (exact) mass is 492 g/mol. The molecule has 0 radical (unpaired) electrons. The van der Waals surface area contributed by atoms with E-state index in [4.69, 9.17) is 9.72 Å². The van der Waals surface area contributed by atoms with Gasteiger partial charge in [0, 0.05) is 55.7 Å². The summed E-state index contributed by atoms with van der Waals surface area (Å²) in [5, 5.41) is 3.54. The van der Waals surface area contributed by atoms with Gasteiger partial charge in [0.25, 0.3) is 0 Å². The number of anilines is 1. The summed E-state index contributed by atoms with van der Waals surface area (Å²) in [7, 11) is 3.94. The van der Waals surface area contributed by atoms with E-state index in [0.717, 1.165) is 68.6 Å². The fraction of sp³-hybridized carbons (Fsp3) is 0.643. The molecule has 1 saturated carbocycles. The van der Waals surface area contributed by atoms with Crippen molar-refractivity contribution in [3.8, 4) is 0 Å². The number of hydrogen-bond donors (Lipinski definition) is 1. The Bertz CT molecular complexity index is 1070. The number of methoxy groups -OCH3 is 1. The lowest BCUT2D eigenvalue weighted by Crippen LogP contribution is -2.50. The van der Waals surface area contributed by atoms with Crippen molar-refractivity contribution in [1.29, 1.82) is 0 Å². The van der Waals surface area contributed by atoms with E-state index in [0.29, 0.717) is 24.6 Å². The lowest BCUT2D eigenvalue weighted by molar-refractivity contribution is -0.141. The van der Waals surface area contributed by atoms with Gasteiger partial charge in [0.2, 0.25) is 11.9 Å². The van der Waals surface area contributed by atoms with E-state index >= 15 is 0 Å². The summed E-state index contributed by atoms with van der Waals surface area (Å²) in [5.74, 6) is 1.09. The van der Waals surface area contributed by atoms with Gasteiger partial charge in [-0.05, 0) is 89.2 Å². The van der Waals surface area contributed by atoms with Crippen LogP contribution in [0.1, 0.15) is 67.5 Å². The molecule has 8 nitrogen and oxygen atoms in total. The van der Waals surface area contributed by atoms with Gasteiger partial charge in [-0.15, -0.1) is 0 Å². The fourth-order valence-electron chi connectivity index (χ4n) is 6.24. The molecule has 2 aromatic rings. The summed E-state index contributed by atoms with van der Waals surface area (Å²) in [5.41, 5.74) is 4.35. The van der Waals surface area contributed by atoms with Gasteiger partial charge in [0.1, 0.15) is 0 Å². The van der Waals surface area contributed by atoms with Crippen molar-refractivity contribution >= 4 is 11.9 Å². The molecule has 194 valence electrons. The van der Waals surface area contributed by atoms with Crippen molar-refractivity contribution in [2.24, 2.45) is 5.92 Å². The minimum atomic E-state index is -0.0256. The van der Waals surface area contributed by atoms with Gasteiger partial charge in [-0.1, -0.05) is 0 Å². The molecular formula is C28H40N6O2. The predicted octanol–water partition coefficient (Wildman–Crippen LogP) is 3.56. The molecule has 4 heterocycles. The largest absolute Gasteiger partial charge is 0.381 e. The number of hydrogen-bond acceptors (Lipinski definition) is 7. The number of carbonyl (C=O) groups excluding carboxylic acids is 1. The number of carbonyl (C=O) groups is 1. The summed E-state index contributed by atoms with van der Waals surface area (Å²) in [6.07, 6.45) is 10.1. The molecule has 0 aromatic carbocycles. The molecule has 2 aromatic heterocycles. The third-order valence-electron chi connectivity index (χ3n) is 8.43. The number of nitrogens with one attached hydrogen (secondary N) is 1. The molecule has 0 spiro atoms. The third-order valence-corrected chi connectivity index (χ3v) is 8.43. The molecule has 3 aliphatic rings. The molecule has 1 saturated heterocycles. The highest BCUT2D eigenvalue weighted by molar-refractivity contribution is 5.80. The number of amides is 1. The third kappa shape index (κ3) is 5.39. The molecule has 2 fully saturated rings. The summed E-state index contributed by atoms with van der Waals surface area (Å²) in [6.45, 7) is 6.56. The Morgan fingerprint density at radius 3 is 2.72 bits per heavy atom. The molecule has 36 heavy (non-hydrogen) atoms. The highest BCUT2D eigenvalue weighted by atomic mass is 16.5. The van der Waals surface area contributed by atoms with E-state index in [2.05, 4.69) is 51.2 Å². The molecule has 3 atom stereocenters. The molecule has 1 N–H and O–H groups in total. The number of pyridine rings is 1. The van der Waals surface area contributed by atoms with Gasteiger partial charge in [0.15, 0.2) is 0 Å². The smallest absolute Gasteiger partial charge is 0.227 e. The summed E-state index contributed by atoms with van der Waals surface area (Å²) in [4.78, 5) is 32.3. The Morgan fingerprint density at radius 2 is 1.97 bits per heavy atom. The second kappa shape index (κ2) is 10.8. The van der Waals surface area contributed by atoms with Crippen LogP contribution in [-0.4, -0.2) is 76.1 Å². The lowest BCUT2D eigenvalue weighted by Gasteiger charge is -2.42. The van der Waals surface area contributed by atoms with E-state index in [9.17, 15) is 4.79 Å². The quantitative estimate of drug-likeness (QED) is 0.683.